The summed E-state index contributed by atoms with van der Waals surface area (Å²) in [5.74, 6) is 1.30. The van der Waals surface area contributed by atoms with Crippen LogP contribution in [-0.2, 0) is 0 Å². The van der Waals surface area contributed by atoms with E-state index in [0.717, 1.165) is 29.1 Å². The first-order valence-electron chi connectivity index (χ1n) is 7.48. The van der Waals surface area contributed by atoms with Crippen LogP contribution in [0.1, 0.15) is 10.4 Å². The Bertz CT molecular complexity index is 874. The molecule has 0 saturated carbocycles. The third-order valence-corrected chi connectivity index (χ3v) is 4.85. The lowest BCUT2D eigenvalue weighted by Gasteiger charge is -2.40. The zero-order valence-corrected chi connectivity index (χ0v) is 13.8. The van der Waals surface area contributed by atoms with Gasteiger partial charge in [0.2, 0.25) is 5.88 Å². The summed E-state index contributed by atoms with van der Waals surface area (Å²) in [5.41, 5.74) is 1.48. The van der Waals surface area contributed by atoms with Gasteiger partial charge in [-0.25, -0.2) is 15.0 Å². The molecule has 0 aliphatic carbocycles. The first-order chi connectivity index (χ1) is 11.7. The average molecular weight is 341 g/mol. The highest BCUT2D eigenvalue weighted by Gasteiger charge is 2.30. The third-order valence-electron chi connectivity index (χ3n) is 3.95. The molecule has 4 heterocycles. The zero-order chi connectivity index (χ0) is 16.5. The van der Waals surface area contributed by atoms with Crippen LogP contribution in [0.2, 0.25) is 0 Å². The molecule has 1 amide bonds. The highest BCUT2D eigenvalue weighted by atomic mass is 32.1. The van der Waals surface area contributed by atoms with E-state index >= 15 is 0 Å². The van der Waals surface area contributed by atoms with Crippen molar-refractivity contribution in [2.45, 2.75) is 6.04 Å². The van der Waals surface area contributed by atoms with Crippen molar-refractivity contribution < 1.29 is 9.53 Å². The summed E-state index contributed by atoms with van der Waals surface area (Å²) in [4.78, 5) is 27.1. The number of nitrogens with zero attached hydrogens (tertiary/aromatic N) is 4. The second-order valence-electron chi connectivity index (χ2n) is 5.50. The fraction of sp³-hybridized carbons (Fsp3) is 0.250. The van der Waals surface area contributed by atoms with Crippen LogP contribution in [-0.4, -0.2) is 47.1 Å². The number of aromatic nitrogens is 3. The van der Waals surface area contributed by atoms with Gasteiger partial charge >= 0.3 is 0 Å². The molecule has 1 fully saturated rings. The third kappa shape index (κ3) is 2.65. The van der Waals surface area contributed by atoms with Crippen LogP contribution in [0.3, 0.4) is 0 Å². The number of amides is 1. The number of pyridine rings is 1. The Morgan fingerprint density at radius 1 is 1.29 bits per heavy atom. The Morgan fingerprint density at radius 3 is 2.92 bits per heavy atom. The van der Waals surface area contributed by atoms with Gasteiger partial charge in [-0.05, 0) is 17.5 Å². The van der Waals surface area contributed by atoms with E-state index in [9.17, 15) is 4.79 Å². The Morgan fingerprint density at radius 2 is 2.17 bits per heavy atom. The standard InChI is InChI=1S/C16H15N5O2S/c1-23-13-3-2-10(6-17-13)16(22)20-11-7-21(8-11)15-14-12(4-5-24-14)18-9-19-15/h2-6,9,11H,7-8H2,1H3,(H,20,22). The molecule has 122 valence electrons. The number of nitrogens with one attached hydrogen (secondary N) is 1. The second kappa shape index (κ2) is 6.04. The van der Waals surface area contributed by atoms with Crippen LogP contribution < -0.4 is 15.0 Å². The molecule has 0 unspecified atom stereocenters. The van der Waals surface area contributed by atoms with Gasteiger partial charge in [-0.1, -0.05) is 0 Å². The number of carbonyl (C=O) groups is 1. The van der Waals surface area contributed by atoms with Gasteiger partial charge in [0.1, 0.15) is 12.1 Å². The number of carbonyl (C=O) groups excluding carboxylic acids is 1. The monoisotopic (exact) mass is 341 g/mol. The van der Waals surface area contributed by atoms with Gasteiger partial charge in [-0.3, -0.25) is 4.79 Å². The fourth-order valence-corrected chi connectivity index (χ4v) is 3.51. The highest BCUT2D eigenvalue weighted by molar-refractivity contribution is 7.17. The molecule has 0 radical (unpaired) electrons. The number of methoxy groups -OCH3 is 1. The lowest BCUT2D eigenvalue weighted by molar-refractivity contribution is 0.0929. The quantitative estimate of drug-likeness (QED) is 0.778. The maximum absolute atomic E-state index is 12.2. The van der Waals surface area contributed by atoms with Crippen molar-refractivity contribution >= 4 is 33.3 Å². The maximum atomic E-state index is 12.2. The molecule has 1 saturated heterocycles. The summed E-state index contributed by atoms with van der Waals surface area (Å²) >= 11 is 1.63. The smallest absolute Gasteiger partial charge is 0.253 e. The summed E-state index contributed by atoms with van der Waals surface area (Å²) in [7, 11) is 1.54. The van der Waals surface area contributed by atoms with Crippen LogP contribution in [0.4, 0.5) is 5.82 Å². The number of thiophene rings is 1. The summed E-state index contributed by atoms with van der Waals surface area (Å²) < 4.78 is 6.08. The highest BCUT2D eigenvalue weighted by Crippen LogP contribution is 2.30. The molecule has 0 atom stereocenters. The molecule has 0 spiro atoms. The van der Waals surface area contributed by atoms with E-state index in [0.29, 0.717) is 11.4 Å². The molecule has 4 rings (SSSR count). The topological polar surface area (TPSA) is 80.2 Å². The molecular weight excluding hydrogens is 326 g/mol. The van der Waals surface area contributed by atoms with Crippen molar-refractivity contribution in [1.29, 1.82) is 0 Å². The fourth-order valence-electron chi connectivity index (χ4n) is 2.65. The Kier molecular flexibility index (Phi) is 3.73. The van der Waals surface area contributed by atoms with Crippen molar-refractivity contribution in [2.75, 3.05) is 25.1 Å². The Hall–Kier alpha value is -2.74. The van der Waals surface area contributed by atoms with Gasteiger partial charge < -0.3 is 15.0 Å². The van der Waals surface area contributed by atoms with Crippen LogP contribution >= 0.6 is 11.3 Å². The van der Waals surface area contributed by atoms with Crippen molar-refractivity contribution in [2.24, 2.45) is 0 Å². The van der Waals surface area contributed by atoms with Crippen molar-refractivity contribution in [3.05, 3.63) is 41.7 Å². The lowest BCUT2D eigenvalue weighted by Crippen LogP contribution is -2.59. The number of ether oxygens (including phenoxy) is 1. The number of fused-ring (bicyclic) bond motifs is 1. The minimum atomic E-state index is -0.126. The van der Waals surface area contributed by atoms with Gasteiger partial charge in [0, 0.05) is 25.4 Å². The number of rotatable bonds is 4. The molecule has 8 heteroatoms. The maximum Gasteiger partial charge on any atom is 0.253 e. The summed E-state index contributed by atoms with van der Waals surface area (Å²) in [6.07, 6.45) is 3.10. The SMILES string of the molecule is COc1ccc(C(=O)NC2CN(c3ncnc4ccsc34)C2)cn1. The van der Waals surface area contributed by atoms with E-state index in [1.807, 2.05) is 11.4 Å². The van der Waals surface area contributed by atoms with Crippen LogP contribution in [0, 0.1) is 0 Å². The van der Waals surface area contributed by atoms with Crippen LogP contribution in [0.15, 0.2) is 36.1 Å². The minimum Gasteiger partial charge on any atom is -0.481 e. The van der Waals surface area contributed by atoms with E-state index in [-0.39, 0.29) is 11.9 Å². The minimum absolute atomic E-state index is 0.101. The van der Waals surface area contributed by atoms with Gasteiger partial charge in [0.25, 0.3) is 5.91 Å². The number of anilines is 1. The average Bonchev–Trinajstić information content (AvgIpc) is 3.06. The van der Waals surface area contributed by atoms with Gasteiger partial charge in [0.15, 0.2) is 0 Å². The molecule has 1 aliphatic heterocycles. The first kappa shape index (κ1) is 14.8. The van der Waals surface area contributed by atoms with E-state index in [2.05, 4.69) is 25.2 Å². The van der Waals surface area contributed by atoms with Crippen LogP contribution in [0.5, 0.6) is 5.88 Å². The zero-order valence-electron chi connectivity index (χ0n) is 13.0. The van der Waals surface area contributed by atoms with Gasteiger partial charge in [0.05, 0.1) is 28.9 Å². The Balaban J connectivity index is 1.39. The first-order valence-corrected chi connectivity index (χ1v) is 8.36. The van der Waals surface area contributed by atoms with Crippen molar-refractivity contribution in [1.82, 2.24) is 20.3 Å². The lowest BCUT2D eigenvalue weighted by atomic mass is 10.1. The predicted octanol–water partition coefficient (Wildman–Crippen LogP) is 1.71. The van der Waals surface area contributed by atoms with Crippen molar-refractivity contribution in [3.63, 3.8) is 0 Å². The summed E-state index contributed by atoms with van der Waals surface area (Å²) in [6.45, 7) is 1.47. The molecule has 7 nitrogen and oxygen atoms in total. The molecule has 1 aliphatic rings. The van der Waals surface area contributed by atoms with Gasteiger partial charge in [-0.2, -0.15) is 0 Å². The molecule has 1 N–H and O–H groups in total. The molecule has 3 aromatic rings. The molecular formula is C16H15N5O2S. The number of hydrogen-bond donors (Lipinski definition) is 1. The Labute approximate surface area is 142 Å². The molecule has 0 bridgehead atoms. The summed E-state index contributed by atoms with van der Waals surface area (Å²) in [5, 5.41) is 5.02. The molecule has 0 aromatic carbocycles. The van der Waals surface area contributed by atoms with E-state index in [4.69, 9.17) is 4.74 Å². The van der Waals surface area contributed by atoms with Crippen LogP contribution in [0.25, 0.3) is 10.2 Å². The summed E-state index contributed by atoms with van der Waals surface area (Å²) in [6, 6.07) is 5.47. The van der Waals surface area contributed by atoms with E-state index in [1.165, 1.54) is 6.20 Å². The second-order valence-corrected chi connectivity index (χ2v) is 6.41. The van der Waals surface area contributed by atoms with E-state index in [1.54, 1.807) is 36.9 Å². The molecule has 3 aromatic heterocycles. The largest absolute Gasteiger partial charge is 0.481 e. The van der Waals surface area contributed by atoms with Gasteiger partial charge in [-0.15, -0.1) is 11.3 Å². The van der Waals surface area contributed by atoms with E-state index < -0.39 is 0 Å². The predicted molar refractivity (Wildman–Crippen MR) is 91.7 cm³/mol. The number of hydrogen-bond acceptors (Lipinski definition) is 7. The molecule has 24 heavy (non-hydrogen) atoms. The normalized spacial score (nSPS) is 14.5. The van der Waals surface area contributed by atoms with Crippen molar-refractivity contribution in [3.8, 4) is 5.88 Å².